The SMILES string of the molecule is CNCCCCc1cc(C)c(C)cc1Cl. The smallest absolute Gasteiger partial charge is 0.0440 e. The van der Waals surface area contributed by atoms with E-state index in [1.807, 2.05) is 7.05 Å². The number of hydrogen-bond donors (Lipinski definition) is 1. The summed E-state index contributed by atoms with van der Waals surface area (Å²) in [7, 11) is 1.99. The van der Waals surface area contributed by atoms with Crippen molar-refractivity contribution in [2.24, 2.45) is 0 Å². The highest BCUT2D eigenvalue weighted by atomic mass is 35.5. The van der Waals surface area contributed by atoms with E-state index in [1.54, 1.807) is 0 Å². The number of unbranched alkanes of at least 4 members (excludes halogenated alkanes) is 1. The topological polar surface area (TPSA) is 12.0 Å². The molecule has 0 amide bonds. The maximum Gasteiger partial charge on any atom is 0.0440 e. The van der Waals surface area contributed by atoms with Gasteiger partial charge in [-0.1, -0.05) is 17.7 Å². The fourth-order valence-corrected chi connectivity index (χ4v) is 1.96. The van der Waals surface area contributed by atoms with Gasteiger partial charge in [-0.2, -0.15) is 0 Å². The molecule has 15 heavy (non-hydrogen) atoms. The summed E-state index contributed by atoms with van der Waals surface area (Å²) in [5, 5.41) is 4.08. The molecule has 0 saturated heterocycles. The third kappa shape index (κ3) is 3.84. The van der Waals surface area contributed by atoms with Gasteiger partial charge in [0.25, 0.3) is 0 Å². The minimum Gasteiger partial charge on any atom is -0.320 e. The van der Waals surface area contributed by atoms with E-state index in [1.165, 1.54) is 29.5 Å². The third-order valence-corrected chi connectivity index (χ3v) is 3.14. The molecule has 0 atom stereocenters. The molecule has 2 heteroatoms. The van der Waals surface area contributed by atoms with Crippen molar-refractivity contribution in [3.05, 3.63) is 33.8 Å². The van der Waals surface area contributed by atoms with Crippen LogP contribution in [0.3, 0.4) is 0 Å². The average molecular weight is 226 g/mol. The lowest BCUT2D eigenvalue weighted by molar-refractivity contribution is 0.677. The zero-order valence-corrected chi connectivity index (χ0v) is 10.6. The van der Waals surface area contributed by atoms with Gasteiger partial charge in [-0.15, -0.1) is 0 Å². The number of nitrogens with one attached hydrogen (secondary N) is 1. The van der Waals surface area contributed by atoms with Crippen LogP contribution in [-0.2, 0) is 6.42 Å². The molecule has 0 aromatic heterocycles. The molecule has 1 nitrogen and oxygen atoms in total. The number of halogens is 1. The van der Waals surface area contributed by atoms with Crippen LogP contribution in [0.25, 0.3) is 0 Å². The molecule has 0 aliphatic heterocycles. The molecular formula is C13H20ClN. The first kappa shape index (κ1) is 12.5. The second-order valence-corrected chi connectivity index (χ2v) is 4.50. The van der Waals surface area contributed by atoms with E-state index >= 15 is 0 Å². The molecule has 0 aliphatic rings. The van der Waals surface area contributed by atoms with Crippen molar-refractivity contribution < 1.29 is 0 Å². The Balaban J connectivity index is 2.57. The van der Waals surface area contributed by atoms with Gasteiger partial charge in [-0.3, -0.25) is 0 Å². The van der Waals surface area contributed by atoms with Crippen LogP contribution >= 0.6 is 11.6 Å². The molecule has 1 rings (SSSR count). The lowest BCUT2D eigenvalue weighted by atomic mass is 10.0. The summed E-state index contributed by atoms with van der Waals surface area (Å²) in [6.45, 7) is 5.33. The zero-order valence-electron chi connectivity index (χ0n) is 9.86. The van der Waals surface area contributed by atoms with Crippen molar-refractivity contribution in [2.45, 2.75) is 33.1 Å². The third-order valence-electron chi connectivity index (χ3n) is 2.79. The van der Waals surface area contributed by atoms with Gasteiger partial charge in [-0.25, -0.2) is 0 Å². The van der Waals surface area contributed by atoms with E-state index in [2.05, 4.69) is 31.3 Å². The quantitative estimate of drug-likeness (QED) is 0.757. The van der Waals surface area contributed by atoms with Crippen molar-refractivity contribution in [1.29, 1.82) is 0 Å². The summed E-state index contributed by atoms with van der Waals surface area (Å²) in [5.41, 5.74) is 3.90. The van der Waals surface area contributed by atoms with E-state index in [4.69, 9.17) is 11.6 Å². The first-order valence-electron chi connectivity index (χ1n) is 5.55. The summed E-state index contributed by atoms with van der Waals surface area (Å²) < 4.78 is 0. The lowest BCUT2D eigenvalue weighted by Gasteiger charge is -2.08. The molecule has 0 fully saturated rings. The van der Waals surface area contributed by atoms with Gasteiger partial charge in [0.1, 0.15) is 0 Å². The second-order valence-electron chi connectivity index (χ2n) is 4.09. The van der Waals surface area contributed by atoms with E-state index in [0.717, 1.165) is 18.0 Å². The van der Waals surface area contributed by atoms with Crippen molar-refractivity contribution in [2.75, 3.05) is 13.6 Å². The van der Waals surface area contributed by atoms with Crippen LogP contribution in [0.1, 0.15) is 29.5 Å². The molecule has 0 spiro atoms. The van der Waals surface area contributed by atoms with Crippen LogP contribution in [-0.4, -0.2) is 13.6 Å². The van der Waals surface area contributed by atoms with Crippen LogP contribution in [0.5, 0.6) is 0 Å². The molecule has 0 aliphatic carbocycles. The Kier molecular flexibility index (Phi) is 5.13. The van der Waals surface area contributed by atoms with Crippen LogP contribution in [0, 0.1) is 13.8 Å². The predicted octanol–water partition coefficient (Wildman–Crippen LogP) is 3.50. The van der Waals surface area contributed by atoms with E-state index in [-0.39, 0.29) is 0 Å². The molecule has 0 heterocycles. The Labute approximate surface area is 97.8 Å². The molecule has 84 valence electrons. The Hall–Kier alpha value is -0.530. The zero-order chi connectivity index (χ0) is 11.3. The monoisotopic (exact) mass is 225 g/mol. The second kappa shape index (κ2) is 6.14. The van der Waals surface area contributed by atoms with Crippen molar-refractivity contribution in [3.8, 4) is 0 Å². The number of benzene rings is 1. The standard InChI is InChI=1S/C13H20ClN/c1-10-8-12(6-4-5-7-15-3)13(14)9-11(10)2/h8-9,15H,4-7H2,1-3H3. The minimum absolute atomic E-state index is 0.919. The highest BCUT2D eigenvalue weighted by Gasteiger charge is 2.03. The lowest BCUT2D eigenvalue weighted by Crippen LogP contribution is -2.07. The van der Waals surface area contributed by atoms with Gasteiger partial charge in [-0.05, 0) is 69.5 Å². The summed E-state index contributed by atoms with van der Waals surface area (Å²) >= 11 is 6.20. The van der Waals surface area contributed by atoms with Crippen molar-refractivity contribution in [1.82, 2.24) is 5.32 Å². The van der Waals surface area contributed by atoms with Gasteiger partial charge >= 0.3 is 0 Å². The predicted molar refractivity (Wildman–Crippen MR) is 67.8 cm³/mol. The van der Waals surface area contributed by atoms with E-state index in [0.29, 0.717) is 0 Å². The Morgan fingerprint density at radius 3 is 2.47 bits per heavy atom. The summed E-state index contributed by atoms with van der Waals surface area (Å²) in [6.07, 6.45) is 3.49. The Morgan fingerprint density at radius 1 is 1.13 bits per heavy atom. The summed E-state index contributed by atoms with van der Waals surface area (Å²) in [4.78, 5) is 0. The van der Waals surface area contributed by atoms with Crippen LogP contribution < -0.4 is 5.32 Å². The molecule has 1 aromatic carbocycles. The Morgan fingerprint density at radius 2 is 1.80 bits per heavy atom. The maximum absolute atomic E-state index is 6.20. The van der Waals surface area contributed by atoms with Gasteiger partial charge in [0.05, 0.1) is 0 Å². The summed E-state index contributed by atoms with van der Waals surface area (Å²) in [6, 6.07) is 4.29. The van der Waals surface area contributed by atoms with Crippen LogP contribution in [0.4, 0.5) is 0 Å². The van der Waals surface area contributed by atoms with Crippen LogP contribution in [0.15, 0.2) is 12.1 Å². The fourth-order valence-electron chi connectivity index (χ4n) is 1.65. The van der Waals surface area contributed by atoms with Gasteiger partial charge in [0, 0.05) is 5.02 Å². The molecule has 1 aromatic rings. The van der Waals surface area contributed by atoms with Crippen molar-refractivity contribution in [3.63, 3.8) is 0 Å². The molecule has 1 N–H and O–H groups in total. The van der Waals surface area contributed by atoms with Gasteiger partial charge < -0.3 is 5.32 Å². The average Bonchev–Trinajstić information content (AvgIpc) is 2.20. The fraction of sp³-hybridized carbons (Fsp3) is 0.538. The van der Waals surface area contributed by atoms with E-state index < -0.39 is 0 Å². The molecule has 0 unspecified atom stereocenters. The van der Waals surface area contributed by atoms with Crippen LogP contribution in [0.2, 0.25) is 5.02 Å². The number of hydrogen-bond acceptors (Lipinski definition) is 1. The first-order chi connectivity index (χ1) is 7.15. The highest BCUT2D eigenvalue weighted by molar-refractivity contribution is 6.31. The highest BCUT2D eigenvalue weighted by Crippen LogP contribution is 2.22. The van der Waals surface area contributed by atoms with Gasteiger partial charge in [0.2, 0.25) is 0 Å². The molecule has 0 radical (unpaired) electrons. The Bertz CT molecular complexity index is 321. The number of rotatable bonds is 5. The minimum atomic E-state index is 0.919. The van der Waals surface area contributed by atoms with Gasteiger partial charge in [0.15, 0.2) is 0 Å². The maximum atomic E-state index is 6.20. The molecular weight excluding hydrogens is 206 g/mol. The van der Waals surface area contributed by atoms with Crippen molar-refractivity contribution >= 4 is 11.6 Å². The molecule has 0 bridgehead atoms. The largest absolute Gasteiger partial charge is 0.320 e. The normalized spacial score (nSPS) is 10.7. The molecule has 0 saturated carbocycles. The van der Waals surface area contributed by atoms with E-state index in [9.17, 15) is 0 Å². The number of aryl methyl sites for hydroxylation is 3. The summed E-state index contributed by atoms with van der Waals surface area (Å²) in [5.74, 6) is 0. The first-order valence-corrected chi connectivity index (χ1v) is 5.93.